The maximum Gasteiger partial charge on any atom is 0.192 e. The molecule has 7 nitrogen and oxygen atoms in total. The maximum absolute atomic E-state index is 5.43. The van der Waals surface area contributed by atoms with E-state index in [1.54, 1.807) is 0 Å². The molecule has 0 aliphatic rings. The van der Waals surface area contributed by atoms with Crippen molar-refractivity contribution in [3.05, 3.63) is 47.0 Å². The number of aromatic nitrogens is 3. The van der Waals surface area contributed by atoms with Crippen LogP contribution in [0.25, 0.3) is 0 Å². The second-order valence-corrected chi connectivity index (χ2v) is 8.07. The molecule has 0 fully saturated rings. The normalized spacial score (nSPS) is 13.0. The van der Waals surface area contributed by atoms with Crippen molar-refractivity contribution in [1.82, 2.24) is 25.4 Å². The number of benzene rings is 1. The van der Waals surface area contributed by atoms with Gasteiger partial charge in [-0.3, -0.25) is 0 Å². The van der Waals surface area contributed by atoms with Crippen LogP contribution < -0.4 is 10.6 Å². The van der Waals surface area contributed by atoms with Crippen LogP contribution in [0.3, 0.4) is 0 Å². The number of hydrogen-bond acceptors (Lipinski definition) is 4. The summed E-state index contributed by atoms with van der Waals surface area (Å²) in [5.41, 5.74) is 2.61. The lowest BCUT2D eigenvalue weighted by Crippen LogP contribution is -2.39. The summed E-state index contributed by atoms with van der Waals surface area (Å²) in [6.07, 6.45) is 2.03. The van der Waals surface area contributed by atoms with Crippen molar-refractivity contribution in [2.75, 3.05) is 19.8 Å². The van der Waals surface area contributed by atoms with Crippen LogP contribution in [0.4, 0.5) is 0 Å². The molecule has 1 heterocycles. The first-order chi connectivity index (χ1) is 14.4. The van der Waals surface area contributed by atoms with Crippen LogP contribution in [0.1, 0.15) is 62.9 Å². The number of rotatable bonds is 11. The van der Waals surface area contributed by atoms with Crippen molar-refractivity contribution in [3.8, 4) is 0 Å². The van der Waals surface area contributed by atoms with Gasteiger partial charge in [0, 0.05) is 26.8 Å². The number of aliphatic imine (C=N–C) groups is 1. The molecule has 0 bridgehead atoms. The summed E-state index contributed by atoms with van der Waals surface area (Å²) in [6, 6.07) is 8.99. The van der Waals surface area contributed by atoms with Gasteiger partial charge >= 0.3 is 0 Å². The molecular formula is C23H38N6O. The van der Waals surface area contributed by atoms with E-state index >= 15 is 0 Å². The molecule has 0 amide bonds. The van der Waals surface area contributed by atoms with E-state index < -0.39 is 0 Å². The highest BCUT2D eigenvalue weighted by atomic mass is 16.5. The maximum atomic E-state index is 5.43. The van der Waals surface area contributed by atoms with Gasteiger partial charge in [-0.15, -0.1) is 10.2 Å². The van der Waals surface area contributed by atoms with Crippen molar-refractivity contribution in [2.24, 2.45) is 18.0 Å². The van der Waals surface area contributed by atoms with E-state index in [9.17, 15) is 0 Å². The fraction of sp³-hybridized carbons (Fsp3) is 0.609. The van der Waals surface area contributed by atoms with E-state index in [1.807, 2.05) is 25.5 Å². The lowest BCUT2D eigenvalue weighted by atomic mass is 10.00. The molecule has 30 heavy (non-hydrogen) atoms. The lowest BCUT2D eigenvalue weighted by Gasteiger charge is -2.19. The van der Waals surface area contributed by atoms with Gasteiger partial charge in [-0.2, -0.15) is 0 Å². The average molecular weight is 415 g/mol. The largest absolute Gasteiger partial charge is 0.382 e. The minimum atomic E-state index is 0.137. The van der Waals surface area contributed by atoms with Crippen molar-refractivity contribution >= 4 is 5.96 Å². The van der Waals surface area contributed by atoms with E-state index in [2.05, 4.69) is 65.9 Å². The average Bonchev–Trinajstić information content (AvgIpc) is 3.03. The standard InChI is InChI=1S/C23H38N6O/c1-7-30-14-8-13-24-23(25-16-22-28-27-19(5)29(22)6)26-18(4)21-11-9-20(10-12-21)15-17(2)3/h9-12,17-18H,7-8,13-16H2,1-6H3,(H2,24,25,26). The molecule has 1 aromatic carbocycles. The van der Waals surface area contributed by atoms with E-state index in [1.165, 1.54) is 11.1 Å². The molecule has 1 aromatic heterocycles. The van der Waals surface area contributed by atoms with E-state index in [0.717, 1.165) is 50.2 Å². The van der Waals surface area contributed by atoms with Gasteiger partial charge in [-0.1, -0.05) is 38.1 Å². The van der Waals surface area contributed by atoms with Gasteiger partial charge in [0.25, 0.3) is 0 Å². The Kier molecular flexibility index (Phi) is 9.80. The summed E-state index contributed by atoms with van der Waals surface area (Å²) in [5, 5.41) is 15.3. The third-order valence-electron chi connectivity index (χ3n) is 5.00. The molecule has 2 N–H and O–H groups in total. The van der Waals surface area contributed by atoms with Crippen molar-refractivity contribution in [2.45, 2.75) is 60.0 Å². The zero-order valence-corrected chi connectivity index (χ0v) is 19.4. The number of ether oxygens (including phenoxy) is 1. The highest BCUT2D eigenvalue weighted by molar-refractivity contribution is 5.80. The third kappa shape index (κ3) is 7.78. The molecule has 0 spiro atoms. The number of hydrogen-bond donors (Lipinski definition) is 2. The van der Waals surface area contributed by atoms with Crippen LogP contribution >= 0.6 is 0 Å². The Balaban J connectivity index is 2.02. The highest BCUT2D eigenvalue weighted by Gasteiger charge is 2.10. The van der Waals surface area contributed by atoms with Gasteiger partial charge < -0.3 is 19.9 Å². The zero-order valence-electron chi connectivity index (χ0n) is 19.4. The van der Waals surface area contributed by atoms with Crippen molar-refractivity contribution in [3.63, 3.8) is 0 Å². The molecule has 2 rings (SSSR count). The molecule has 0 aliphatic carbocycles. The number of guanidine groups is 1. The number of nitrogens with one attached hydrogen (secondary N) is 2. The number of aryl methyl sites for hydroxylation is 1. The quantitative estimate of drug-likeness (QED) is 0.334. The Bertz CT molecular complexity index is 781. The summed E-state index contributed by atoms with van der Waals surface area (Å²) >= 11 is 0. The van der Waals surface area contributed by atoms with Gasteiger partial charge in [0.2, 0.25) is 0 Å². The topological polar surface area (TPSA) is 76.4 Å². The third-order valence-corrected chi connectivity index (χ3v) is 5.00. The van der Waals surface area contributed by atoms with Crippen LogP contribution in [0, 0.1) is 12.8 Å². The Labute approximate surface area is 181 Å². The molecule has 2 aromatic rings. The monoisotopic (exact) mass is 414 g/mol. The summed E-state index contributed by atoms with van der Waals surface area (Å²) in [7, 11) is 1.96. The van der Waals surface area contributed by atoms with Gasteiger partial charge in [0.1, 0.15) is 12.4 Å². The lowest BCUT2D eigenvalue weighted by molar-refractivity contribution is 0.145. The molecule has 0 saturated heterocycles. The van der Waals surface area contributed by atoms with Gasteiger partial charge in [0.15, 0.2) is 11.8 Å². The van der Waals surface area contributed by atoms with E-state index in [4.69, 9.17) is 9.73 Å². The van der Waals surface area contributed by atoms with Crippen LogP contribution in [0.15, 0.2) is 29.3 Å². The first-order valence-electron chi connectivity index (χ1n) is 11.0. The van der Waals surface area contributed by atoms with Gasteiger partial charge in [0.05, 0.1) is 6.04 Å². The molecule has 0 aliphatic heterocycles. The fourth-order valence-electron chi connectivity index (χ4n) is 3.12. The SMILES string of the molecule is CCOCCCNC(=NCc1nnc(C)n1C)NC(C)c1ccc(CC(C)C)cc1. The molecule has 1 unspecified atom stereocenters. The summed E-state index contributed by atoms with van der Waals surface area (Å²) < 4.78 is 7.40. The zero-order chi connectivity index (χ0) is 21.9. The highest BCUT2D eigenvalue weighted by Crippen LogP contribution is 2.15. The predicted octanol–water partition coefficient (Wildman–Crippen LogP) is 3.55. The molecule has 1 atom stereocenters. The Morgan fingerprint density at radius 3 is 2.50 bits per heavy atom. The first kappa shape index (κ1) is 23.9. The predicted molar refractivity (Wildman–Crippen MR) is 123 cm³/mol. The summed E-state index contributed by atoms with van der Waals surface area (Å²) in [5.74, 6) is 3.16. The second kappa shape index (κ2) is 12.3. The van der Waals surface area contributed by atoms with Crippen LogP contribution in [-0.2, 0) is 24.8 Å². The Morgan fingerprint density at radius 1 is 1.17 bits per heavy atom. The first-order valence-corrected chi connectivity index (χ1v) is 11.0. The minimum absolute atomic E-state index is 0.137. The van der Waals surface area contributed by atoms with Crippen LogP contribution in [0.5, 0.6) is 0 Å². The second-order valence-electron chi connectivity index (χ2n) is 8.07. The van der Waals surface area contributed by atoms with E-state index in [-0.39, 0.29) is 6.04 Å². The molecule has 0 saturated carbocycles. The molecular weight excluding hydrogens is 376 g/mol. The van der Waals surface area contributed by atoms with Crippen LogP contribution in [0.2, 0.25) is 0 Å². The van der Waals surface area contributed by atoms with Crippen molar-refractivity contribution in [1.29, 1.82) is 0 Å². The minimum Gasteiger partial charge on any atom is -0.382 e. The van der Waals surface area contributed by atoms with Gasteiger partial charge in [-0.25, -0.2) is 4.99 Å². The fourth-order valence-corrected chi connectivity index (χ4v) is 3.12. The Morgan fingerprint density at radius 2 is 1.90 bits per heavy atom. The summed E-state index contributed by atoms with van der Waals surface area (Å²) in [4.78, 5) is 4.74. The molecule has 0 radical (unpaired) electrons. The Hall–Kier alpha value is -2.41. The van der Waals surface area contributed by atoms with Crippen LogP contribution in [-0.4, -0.2) is 40.5 Å². The molecule has 166 valence electrons. The number of nitrogens with zero attached hydrogens (tertiary/aromatic N) is 4. The summed E-state index contributed by atoms with van der Waals surface area (Å²) in [6.45, 7) is 13.4. The molecule has 7 heteroatoms. The van der Waals surface area contributed by atoms with E-state index in [0.29, 0.717) is 12.5 Å². The van der Waals surface area contributed by atoms with Crippen molar-refractivity contribution < 1.29 is 4.74 Å². The van der Waals surface area contributed by atoms with Gasteiger partial charge in [-0.05, 0) is 50.7 Å². The smallest absolute Gasteiger partial charge is 0.192 e.